The van der Waals surface area contributed by atoms with Gasteiger partial charge in [0.05, 0.1) is 6.10 Å². The molecule has 20 heavy (non-hydrogen) atoms. The lowest BCUT2D eigenvalue weighted by molar-refractivity contribution is -0.135. The molecule has 1 aliphatic heterocycles. The Kier molecular flexibility index (Phi) is 6.20. The smallest absolute Gasteiger partial charge is 0.340 e. The van der Waals surface area contributed by atoms with Gasteiger partial charge in [0.1, 0.15) is 0 Å². The number of nitrogens with zero attached hydrogens (tertiary/aromatic N) is 3. The van der Waals surface area contributed by atoms with Crippen molar-refractivity contribution in [3.63, 3.8) is 0 Å². The van der Waals surface area contributed by atoms with E-state index < -0.39 is 7.67 Å². The molecule has 0 aromatic rings. The minimum absolute atomic E-state index is 0.00844. The Labute approximate surface area is 122 Å². The van der Waals surface area contributed by atoms with Gasteiger partial charge in [-0.1, -0.05) is 13.8 Å². The fraction of sp³-hybridized carbons (Fsp3) is 0.923. The average molecular weight is 305 g/mol. The normalized spacial score (nSPS) is 20.8. The number of carbonyl (C=O) groups is 1. The van der Waals surface area contributed by atoms with Crippen molar-refractivity contribution in [3.8, 4) is 0 Å². The van der Waals surface area contributed by atoms with E-state index in [-0.39, 0.29) is 17.9 Å². The first-order valence-electron chi connectivity index (χ1n) is 7.19. The minimum Gasteiger partial charge on any atom is -0.340 e. The Balaban J connectivity index is 2.71. The average Bonchev–Trinajstić information content (AvgIpc) is 2.36. The van der Waals surface area contributed by atoms with Crippen molar-refractivity contribution in [3.05, 3.63) is 0 Å². The van der Waals surface area contributed by atoms with Crippen molar-refractivity contribution in [1.29, 1.82) is 0 Å². The first kappa shape index (κ1) is 17.6. The molecule has 0 aliphatic carbocycles. The molecule has 118 valence electrons. The zero-order chi connectivity index (χ0) is 15.5. The molecule has 1 amide bonds. The molecule has 7 heteroatoms. The van der Waals surface area contributed by atoms with Gasteiger partial charge in [0.2, 0.25) is 5.91 Å². The molecule has 1 atom stereocenters. The SMILES string of the molecule is CC(C)OP(=O)(N(C)C)N1CCN(C(=O)C(C)C)CC1. The Morgan fingerprint density at radius 3 is 1.95 bits per heavy atom. The topological polar surface area (TPSA) is 53.1 Å². The van der Waals surface area contributed by atoms with Gasteiger partial charge in [-0.15, -0.1) is 0 Å². The summed E-state index contributed by atoms with van der Waals surface area (Å²) in [6, 6.07) is 0. The molecule has 1 fully saturated rings. The molecular weight excluding hydrogens is 277 g/mol. The molecule has 6 nitrogen and oxygen atoms in total. The van der Waals surface area contributed by atoms with Crippen LogP contribution in [0, 0.1) is 5.92 Å². The maximum atomic E-state index is 13.0. The zero-order valence-corrected chi connectivity index (χ0v) is 14.4. The summed E-state index contributed by atoms with van der Waals surface area (Å²) in [6.07, 6.45) is -0.0986. The van der Waals surface area contributed by atoms with Crippen LogP contribution in [-0.4, -0.2) is 66.5 Å². The summed E-state index contributed by atoms with van der Waals surface area (Å²) in [7, 11) is 0.571. The predicted octanol–water partition coefficient (Wildman–Crippen LogP) is 1.88. The number of rotatable bonds is 5. The molecule has 0 bridgehead atoms. The van der Waals surface area contributed by atoms with Crippen LogP contribution >= 0.6 is 7.67 Å². The van der Waals surface area contributed by atoms with Crippen molar-refractivity contribution in [2.24, 2.45) is 5.92 Å². The molecule has 0 saturated carbocycles. The van der Waals surface area contributed by atoms with Gasteiger partial charge in [0, 0.05) is 32.1 Å². The molecule has 1 unspecified atom stereocenters. The third-order valence-electron chi connectivity index (χ3n) is 3.27. The summed E-state index contributed by atoms with van der Waals surface area (Å²) in [5, 5.41) is 0. The Morgan fingerprint density at radius 1 is 1.10 bits per heavy atom. The number of amides is 1. The Morgan fingerprint density at radius 2 is 1.60 bits per heavy atom. The largest absolute Gasteiger partial charge is 0.345 e. The van der Waals surface area contributed by atoms with E-state index >= 15 is 0 Å². The molecule has 1 rings (SSSR count). The van der Waals surface area contributed by atoms with Crippen LogP contribution in [0.1, 0.15) is 27.7 Å². The highest BCUT2D eigenvalue weighted by Gasteiger charge is 2.38. The van der Waals surface area contributed by atoms with E-state index in [2.05, 4.69) is 0 Å². The second-order valence-electron chi connectivity index (χ2n) is 5.93. The van der Waals surface area contributed by atoms with Crippen molar-refractivity contribution < 1.29 is 13.9 Å². The standard InChI is InChI=1S/C13H28N3O3P/c1-11(2)13(17)15-7-9-16(10-8-15)20(18,14(5)6)19-12(3)4/h11-12H,7-10H2,1-6H3. The highest BCUT2D eigenvalue weighted by Crippen LogP contribution is 2.53. The van der Waals surface area contributed by atoms with Gasteiger partial charge >= 0.3 is 7.67 Å². The highest BCUT2D eigenvalue weighted by atomic mass is 31.2. The van der Waals surface area contributed by atoms with Crippen molar-refractivity contribution in [2.75, 3.05) is 40.3 Å². The summed E-state index contributed by atoms with van der Waals surface area (Å²) in [5.41, 5.74) is 0. The molecule has 1 aliphatic rings. The van der Waals surface area contributed by atoms with Crippen LogP contribution in [0.15, 0.2) is 0 Å². The molecule has 1 heterocycles. The van der Waals surface area contributed by atoms with E-state index in [9.17, 15) is 9.36 Å². The van der Waals surface area contributed by atoms with Crippen LogP contribution in [0.2, 0.25) is 0 Å². The van der Waals surface area contributed by atoms with Crippen molar-refractivity contribution in [2.45, 2.75) is 33.8 Å². The molecule has 0 aromatic carbocycles. The van der Waals surface area contributed by atoms with Crippen LogP contribution in [0.5, 0.6) is 0 Å². The van der Waals surface area contributed by atoms with Crippen LogP contribution < -0.4 is 0 Å². The lowest BCUT2D eigenvalue weighted by Gasteiger charge is -2.41. The second kappa shape index (κ2) is 7.03. The third kappa shape index (κ3) is 4.04. The summed E-state index contributed by atoms with van der Waals surface area (Å²) in [6.45, 7) is 9.96. The van der Waals surface area contributed by atoms with E-state index in [1.165, 1.54) is 0 Å². The fourth-order valence-electron chi connectivity index (χ4n) is 2.22. The fourth-order valence-corrected chi connectivity index (χ4v) is 4.28. The molecule has 1 saturated heterocycles. The Hall–Kier alpha value is -0.420. The van der Waals surface area contributed by atoms with Crippen LogP contribution in [0.4, 0.5) is 0 Å². The minimum atomic E-state index is -2.97. The summed E-state index contributed by atoms with van der Waals surface area (Å²) < 4.78 is 22.2. The Bertz CT molecular complexity index is 377. The van der Waals surface area contributed by atoms with Gasteiger partial charge in [-0.2, -0.15) is 0 Å². The van der Waals surface area contributed by atoms with Crippen LogP contribution in [0.3, 0.4) is 0 Å². The first-order valence-corrected chi connectivity index (χ1v) is 8.72. The van der Waals surface area contributed by atoms with Gasteiger partial charge in [-0.05, 0) is 27.9 Å². The molecule has 0 radical (unpaired) electrons. The summed E-state index contributed by atoms with van der Waals surface area (Å²) in [4.78, 5) is 13.8. The van der Waals surface area contributed by atoms with Gasteiger partial charge in [0.15, 0.2) is 0 Å². The van der Waals surface area contributed by atoms with E-state index in [1.807, 2.05) is 37.3 Å². The van der Waals surface area contributed by atoms with E-state index in [0.717, 1.165) is 0 Å². The quantitative estimate of drug-likeness (QED) is 0.726. The number of piperazine rings is 1. The lowest BCUT2D eigenvalue weighted by Crippen LogP contribution is -2.49. The van der Waals surface area contributed by atoms with Gasteiger partial charge in [0.25, 0.3) is 0 Å². The summed E-state index contributed by atoms with van der Waals surface area (Å²) >= 11 is 0. The second-order valence-corrected chi connectivity index (χ2v) is 8.48. The maximum absolute atomic E-state index is 13.0. The van der Waals surface area contributed by atoms with Gasteiger partial charge < -0.3 is 9.42 Å². The monoisotopic (exact) mass is 305 g/mol. The van der Waals surface area contributed by atoms with E-state index in [0.29, 0.717) is 26.2 Å². The highest BCUT2D eigenvalue weighted by molar-refractivity contribution is 7.53. The van der Waals surface area contributed by atoms with Gasteiger partial charge in [-0.3, -0.25) is 9.36 Å². The zero-order valence-electron chi connectivity index (χ0n) is 13.5. The maximum Gasteiger partial charge on any atom is 0.345 e. The predicted molar refractivity (Wildman–Crippen MR) is 80.5 cm³/mol. The van der Waals surface area contributed by atoms with Gasteiger partial charge in [-0.25, -0.2) is 9.34 Å². The van der Waals surface area contributed by atoms with E-state index in [1.54, 1.807) is 18.8 Å². The lowest BCUT2D eigenvalue weighted by atomic mass is 10.2. The van der Waals surface area contributed by atoms with Crippen molar-refractivity contribution in [1.82, 2.24) is 14.2 Å². The number of hydrogen-bond donors (Lipinski definition) is 0. The molecular formula is C13H28N3O3P. The molecule has 0 N–H and O–H groups in total. The van der Waals surface area contributed by atoms with Crippen LogP contribution in [-0.2, 0) is 13.9 Å². The van der Waals surface area contributed by atoms with E-state index in [4.69, 9.17) is 4.52 Å². The summed E-state index contributed by atoms with van der Waals surface area (Å²) in [5.74, 6) is 0.170. The van der Waals surface area contributed by atoms with Crippen LogP contribution in [0.25, 0.3) is 0 Å². The number of hydrogen-bond acceptors (Lipinski definition) is 3. The number of carbonyl (C=O) groups excluding carboxylic acids is 1. The molecule has 0 aromatic heterocycles. The third-order valence-corrected chi connectivity index (χ3v) is 6.09. The van der Waals surface area contributed by atoms with Crippen molar-refractivity contribution >= 4 is 13.6 Å². The molecule has 0 spiro atoms. The first-order chi connectivity index (χ1) is 9.18.